The summed E-state index contributed by atoms with van der Waals surface area (Å²) in [7, 11) is 1.35. The fourth-order valence-corrected chi connectivity index (χ4v) is 5.35. The van der Waals surface area contributed by atoms with E-state index in [0.29, 0.717) is 16.8 Å². The van der Waals surface area contributed by atoms with E-state index in [1.165, 1.54) is 11.9 Å². The number of aromatic nitrogens is 1. The molecule has 0 radical (unpaired) electrons. The molecule has 1 N–H and O–H groups in total. The maximum Gasteiger partial charge on any atom is 0.326 e. The van der Waals surface area contributed by atoms with E-state index in [9.17, 15) is 28.0 Å². The van der Waals surface area contributed by atoms with Crippen LogP contribution in [-0.4, -0.2) is 82.3 Å². The van der Waals surface area contributed by atoms with E-state index in [0.717, 1.165) is 22.6 Å². The molecule has 2 aromatic rings. The second kappa shape index (κ2) is 10.7. The van der Waals surface area contributed by atoms with Crippen molar-refractivity contribution < 1.29 is 28.0 Å². The lowest BCUT2D eigenvalue weighted by molar-refractivity contribution is -0.141. The Balaban J connectivity index is 1.34. The van der Waals surface area contributed by atoms with Crippen LogP contribution in [0.2, 0.25) is 0 Å². The number of carbonyl (C=O) groups is 4. The summed E-state index contributed by atoms with van der Waals surface area (Å²) < 4.78 is 29.4. The summed E-state index contributed by atoms with van der Waals surface area (Å²) in [6.07, 6.45) is 0.209. The van der Waals surface area contributed by atoms with Gasteiger partial charge in [0.1, 0.15) is 18.8 Å². The quantitative estimate of drug-likeness (QED) is 0.546. The van der Waals surface area contributed by atoms with Gasteiger partial charge in [0.2, 0.25) is 23.7 Å². The third-order valence-electron chi connectivity index (χ3n) is 7.63. The lowest BCUT2D eigenvalue weighted by Gasteiger charge is -2.36. The summed E-state index contributed by atoms with van der Waals surface area (Å²) in [5.74, 6) is -2.42. The molecule has 1 saturated carbocycles. The van der Waals surface area contributed by atoms with Gasteiger partial charge in [0.05, 0.1) is 24.2 Å². The Morgan fingerprint density at radius 2 is 1.82 bits per heavy atom. The number of hydrogen-bond acceptors (Lipinski definition) is 5. The number of nitrogens with one attached hydrogen (secondary N) is 1. The molecule has 206 valence electrons. The van der Waals surface area contributed by atoms with Crippen molar-refractivity contribution in [1.82, 2.24) is 25.0 Å². The molecular formula is C28H31F2N5O4. The number of rotatable bonds is 7. The molecule has 3 fully saturated rings. The van der Waals surface area contributed by atoms with Gasteiger partial charge >= 0.3 is 6.03 Å². The molecule has 0 spiro atoms. The molecular weight excluding hydrogens is 508 g/mol. The van der Waals surface area contributed by atoms with Crippen molar-refractivity contribution in [2.75, 3.05) is 26.7 Å². The van der Waals surface area contributed by atoms with E-state index in [1.807, 2.05) is 6.07 Å². The first-order valence-electron chi connectivity index (χ1n) is 13.2. The third-order valence-corrected chi connectivity index (χ3v) is 7.63. The van der Waals surface area contributed by atoms with Gasteiger partial charge in [0.15, 0.2) is 0 Å². The number of hydrogen-bond donors (Lipinski definition) is 1. The average Bonchev–Trinajstić information content (AvgIpc) is 3.69. The Morgan fingerprint density at radius 1 is 1.10 bits per heavy atom. The van der Waals surface area contributed by atoms with Crippen molar-refractivity contribution in [1.29, 1.82) is 0 Å². The lowest BCUT2D eigenvalue weighted by atomic mass is 10.0. The van der Waals surface area contributed by atoms with E-state index in [2.05, 4.69) is 10.3 Å². The Morgan fingerprint density at radius 3 is 2.49 bits per heavy atom. The van der Waals surface area contributed by atoms with Gasteiger partial charge in [-0.2, -0.15) is 4.39 Å². The van der Waals surface area contributed by atoms with Crippen LogP contribution in [0.5, 0.6) is 0 Å². The summed E-state index contributed by atoms with van der Waals surface area (Å²) in [4.78, 5) is 58.8. The Labute approximate surface area is 225 Å². The van der Waals surface area contributed by atoms with Crippen molar-refractivity contribution in [3.05, 3.63) is 65.2 Å². The number of halogens is 2. The number of carbonyl (C=O) groups excluding carboxylic acids is 4. The second-order valence-corrected chi connectivity index (χ2v) is 10.6. The Kier molecular flexibility index (Phi) is 7.33. The number of benzene rings is 1. The van der Waals surface area contributed by atoms with Gasteiger partial charge < -0.3 is 15.1 Å². The Bertz CT molecular complexity index is 1290. The minimum absolute atomic E-state index is 0.0572. The number of imide groups is 1. The van der Waals surface area contributed by atoms with Crippen LogP contribution in [0, 0.1) is 11.9 Å². The summed E-state index contributed by atoms with van der Waals surface area (Å²) in [6, 6.07) is 9.75. The minimum Gasteiger partial charge on any atom is -0.342 e. The lowest BCUT2D eigenvalue weighted by Crippen LogP contribution is -2.57. The van der Waals surface area contributed by atoms with Gasteiger partial charge in [0, 0.05) is 25.6 Å². The maximum absolute atomic E-state index is 14.8. The van der Waals surface area contributed by atoms with Crippen molar-refractivity contribution >= 4 is 23.8 Å². The topological polar surface area (TPSA) is 103 Å². The predicted octanol–water partition coefficient (Wildman–Crippen LogP) is 2.77. The molecule has 4 unspecified atom stereocenters. The molecule has 11 heteroatoms. The summed E-state index contributed by atoms with van der Waals surface area (Å²) in [6.45, 7) is 1.04. The van der Waals surface area contributed by atoms with Crippen LogP contribution >= 0.6 is 0 Å². The van der Waals surface area contributed by atoms with E-state index >= 15 is 0 Å². The van der Waals surface area contributed by atoms with Gasteiger partial charge in [-0.25, -0.2) is 14.2 Å². The molecule has 3 heterocycles. The molecule has 1 aliphatic carbocycles. The zero-order valence-corrected chi connectivity index (χ0v) is 21.8. The van der Waals surface area contributed by atoms with Crippen LogP contribution in [0.4, 0.5) is 13.6 Å². The zero-order valence-electron chi connectivity index (χ0n) is 21.8. The monoisotopic (exact) mass is 539 g/mol. The number of nitrogens with zero attached hydrogens (tertiary/aromatic N) is 4. The zero-order chi connectivity index (χ0) is 27.8. The van der Waals surface area contributed by atoms with E-state index in [1.54, 1.807) is 43.3 Å². The third kappa shape index (κ3) is 5.48. The van der Waals surface area contributed by atoms with Crippen molar-refractivity contribution in [2.45, 2.75) is 50.4 Å². The first-order chi connectivity index (χ1) is 18.6. The molecule has 39 heavy (non-hydrogen) atoms. The molecule has 0 bridgehead atoms. The normalized spacial score (nSPS) is 24.2. The highest BCUT2D eigenvalue weighted by Crippen LogP contribution is 2.41. The van der Waals surface area contributed by atoms with Gasteiger partial charge in [-0.1, -0.05) is 43.3 Å². The molecule has 3 aliphatic rings. The summed E-state index contributed by atoms with van der Waals surface area (Å²) in [5.41, 5.74) is 1.51. The molecule has 2 aliphatic heterocycles. The number of amides is 5. The van der Waals surface area contributed by atoms with Crippen LogP contribution in [0.15, 0.2) is 42.5 Å². The number of urea groups is 1. The molecule has 5 rings (SSSR count). The van der Waals surface area contributed by atoms with Crippen molar-refractivity contribution in [2.24, 2.45) is 5.92 Å². The van der Waals surface area contributed by atoms with Crippen LogP contribution in [0.1, 0.15) is 55.0 Å². The van der Waals surface area contributed by atoms with Gasteiger partial charge in [-0.05, 0) is 30.4 Å². The summed E-state index contributed by atoms with van der Waals surface area (Å²) >= 11 is 0. The first kappa shape index (κ1) is 26.7. The van der Waals surface area contributed by atoms with Crippen molar-refractivity contribution in [3.8, 4) is 0 Å². The van der Waals surface area contributed by atoms with Gasteiger partial charge in [-0.3, -0.25) is 19.3 Å². The highest BCUT2D eigenvalue weighted by molar-refractivity contribution is 5.99. The van der Waals surface area contributed by atoms with Crippen LogP contribution in [-0.2, 0) is 14.4 Å². The minimum atomic E-state index is -1.42. The number of alkyl halides is 1. The Hall–Kier alpha value is -3.89. The van der Waals surface area contributed by atoms with E-state index in [4.69, 9.17) is 0 Å². The molecule has 1 aromatic carbocycles. The van der Waals surface area contributed by atoms with Crippen LogP contribution in [0.25, 0.3) is 0 Å². The molecule has 5 amide bonds. The maximum atomic E-state index is 14.8. The van der Waals surface area contributed by atoms with Crippen molar-refractivity contribution in [3.63, 3.8) is 0 Å². The summed E-state index contributed by atoms with van der Waals surface area (Å²) in [5, 5.41) is 2.86. The predicted molar refractivity (Wildman–Crippen MR) is 137 cm³/mol. The largest absolute Gasteiger partial charge is 0.342 e. The van der Waals surface area contributed by atoms with Crippen LogP contribution < -0.4 is 5.32 Å². The fourth-order valence-electron chi connectivity index (χ4n) is 5.35. The molecule has 9 nitrogen and oxygen atoms in total. The smallest absolute Gasteiger partial charge is 0.326 e. The van der Waals surface area contributed by atoms with E-state index < -0.39 is 48.0 Å². The number of likely N-dealkylation sites (tertiary alicyclic amines) is 1. The van der Waals surface area contributed by atoms with Crippen LogP contribution in [0.3, 0.4) is 0 Å². The highest BCUT2D eigenvalue weighted by Gasteiger charge is 2.43. The number of pyridine rings is 1. The SMILES string of the molecule is CC1CN(CC(=O)N2CC(F)CC2C(=O)NC(c2ccccc2)c2ccc(C3CC3)c(F)n2)C(=O)N(C)C1=O. The highest BCUT2D eigenvalue weighted by atomic mass is 19.1. The average molecular weight is 540 g/mol. The molecule has 1 aromatic heterocycles. The fraction of sp³-hybridized carbons (Fsp3) is 0.464. The first-order valence-corrected chi connectivity index (χ1v) is 13.2. The standard InChI is InChI=1S/C28H31F2N5O4/c1-16-13-34(28(39)33(2)27(16)38)15-23(36)35-14-19(29)12-22(35)26(37)32-24(18-6-4-3-5-7-18)21-11-10-20(17-8-9-17)25(30)31-21/h3-7,10-11,16-17,19,22,24H,8-9,12-15H2,1-2H3,(H,32,37). The molecule has 2 saturated heterocycles. The second-order valence-electron chi connectivity index (χ2n) is 10.6. The van der Waals surface area contributed by atoms with Gasteiger partial charge in [-0.15, -0.1) is 0 Å². The van der Waals surface area contributed by atoms with E-state index in [-0.39, 0.29) is 37.9 Å². The molecule has 4 atom stereocenters. The van der Waals surface area contributed by atoms with Gasteiger partial charge in [0.25, 0.3) is 0 Å².